The van der Waals surface area contributed by atoms with Gasteiger partial charge in [0.25, 0.3) is 0 Å². The predicted octanol–water partition coefficient (Wildman–Crippen LogP) is 1.83. The molecule has 0 aromatic carbocycles. The van der Waals surface area contributed by atoms with E-state index < -0.39 is 5.97 Å². The van der Waals surface area contributed by atoms with E-state index in [9.17, 15) is 4.79 Å². The lowest BCUT2D eigenvalue weighted by Gasteiger charge is -2.09. The van der Waals surface area contributed by atoms with Crippen LogP contribution in [-0.4, -0.2) is 32.3 Å². The second kappa shape index (κ2) is 6.97. The highest BCUT2D eigenvalue weighted by molar-refractivity contribution is 7.17. The SMILES string of the molecule is COC(=O)c1c(NCCOC(C)C)sc(C#N)c1N. The Labute approximate surface area is 116 Å². The van der Waals surface area contributed by atoms with E-state index in [1.807, 2.05) is 19.9 Å². The summed E-state index contributed by atoms with van der Waals surface area (Å²) in [6.07, 6.45) is 0.143. The molecule has 0 atom stereocenters. The highest BCUT2D eigenvalue weighted by Crippen LogP contribution is 2.35. The predicted molar refractivity (Wildman–Crippen MR) is 74.4 cm³/mol. The Morgan fingerprint density at radius 2 is 2.26 bits per heavy atom. The fourth-order valence-electron chi connectivity index (χ4n) is 1.42. The lowest BCUT2D eigenvalue weighted by molar-refractivity contribution is 0.0603. The number of methoxy groups -OCH3 is 1. The van der Waals surface area contributed by atoms with Crippen LogP contribution in [0.15, 0.2) is 0 Å². The van der Waals surface area contributed by atoms with Crippen molar-refractivity contribution in [3.8, 4) is 6.07 Å². The summed E-state index contributed by atoms with van der Waals surface area (Å²) in [7, 11) is 1.27. The van der Waals surface area contributed by atoms with Gasteiger partial charge < -0.3 is 20.5 Å². The van der Waals surface area contributed by atoms with Gasteiger partial charge in [0, 0.05) is 6.54 Å². The van der Waals surface area contributed by atoms with Crippen molar-refractivity contribution in [2.45, 2.75) is 20.0 Å². The van der Waals surface area contributed by atoms with E-state index in [1.165, 1.54) is 7.11 Å². The molecule has 0 saturated carbocycles. The molecule has 0 aliphatic rings. The number of carbonyl (C=O) groups excluding carboxylic acids is 1. The molecule has 0 amide bonds. The Morgan fingerprint density at radius 3 is 2.79 bits per heavy atom. The molecular formula is C12H17N3O3S. The lowest BCUT2D eigenvalue weighted by Crippen LogP contribution is -2.14. The standard InChI is InChI=1S/C12H17N3O3S/c1-7(2)18-5-4-15-11-9(12(16)17-3)10(14)8(6-13)19-11/h7,15H,4-5,14H2,1-3H3. The fourth-order valence-corrected chi connectivity index (χ4v) is 2.35. The Morgan fingerprint density at radius 1 is 1.58 bits per heavy atom. The van der Waals surface area contributed by atoms with Crippen LogP contribution in [-0.2, 0) is 9.47 Å². The topological polar surface area (TPSA) is 97.4 Å². The number of ether oxygens (including phenoxy) is 2. The normalized spacial score (nSPS) is 10.3. The first-order chi connectivity index (χ1) is 9.01. The maximum absolute atomic E-state index is 11.6. The minimum atomic E-state index is -0.553. The van der Waals surface area contributed by atoms with Gasteiger partial charge in [0.2, 0.25) is 0 Å². The van der Waals surface area contributed by atoms with E-state index in [2.05, 4.69) is 10.1 Å². The summed E-state index contributed by atoms with van der Waals surface area (Å²) >= 11 is 1.14. The number of thiophene rings is 1. The summed E-state index contributed by atoms with van der Waals surface area (Å²) in [4.78, 5) is 11.9. The molecule has 1 heterocycles. The smallest absolute Gasteiger partial charge is 0.343 e. The number of hydrogen-bond acceptors (Lipinski definition) is 7. The van der Waals surface area contributed by atoms with Crippen LogP contribution in [0.5, 0.6) is 0 Å². The minimum absolute atomic E-state index is 0.143. The lowest BCUT2D eigenvalue weighted by atomic mass is 10.2. The van der Waals surface area contributed by atoms with E-state index in [1.54, 1.807) is 0 Å². The average Bonchev–Trinajstić information content (AvgIpc) is 2.70. The number of nitrogens with zero attached hydrogens (tertiary/aromatic N) is 1. The van der Waals surface area contributed by atoms with Crippen LogP contribution in [0.25, 0.3) is 0 Å². The molecule has 1 rings (SSSR count). The largest absolute Gasteiger partial charge is 0.465 e. The summed E-state index contributed by atoms with van der Waals surface area (Å²) in [5.41, 5.74) is 6.13. The molecule has 1 aromatic rings. The van der Waals surface area contributed by atoms with Gasteiger partial charge in [-0.3, -0.25) is 0 Å². The number of anilines is 2. The molecule has 1 aromatic heterocycles. The van der Waals surface area contributed by atoms with Gasteiger partial charge in [-0.25, -0.2) is 4.79 Å². The molecule has 0 fully saturated rings. The monoisotopic (exact) mass is 283 g/mol. The third-order valence-corrected chi connectivity index (χ3v) is 3.34. The number of nitriles is 1. The highest BCUT2D eigenvalue weighted by atomic mass is 32.1. The van der Waals surface area contributed by atoms with Crippen LogP contribution < -0.4 is 11.1 Å². The Hall–Kier alpha value is -1.78. The second-order valence-electron chi connectivity index (χ2n) is 4.00. The molecule has 0 spiro atoms. The molecular weight excluding hydrogens is 266 g/mol. The van der Waals surface area contributed by atoms with Gasteiger partial charge in [-0.2, -0.15) is 5.26 Å². The molecule has 0 aliphatic carbocycles. The minimum Gasteiger partial charge on any atom is -0.465 e. The van der Waals surface area contributed by atoms with Crippen molar-refractivity contribution < 1.29 is 14.3 Å². The van der Waals surface area contributed by atoms with Crippen LogP contribution in [0.4, 0.5) is 10.7 Å². The summed E-state index contributed by atoms with van der Waals surface area (Å²) in [6, 6.07) is 1.96. The number of esters is 1. The summed E-state index contributed by atoms with van der Waals surface area (Å²) in [5.74, 6) is -0.553. The number of nitrogens with two attached hydrogens (primary N) is 1. The van der Waals surface area contributed by atoms with Gasteiger partial charge in [0.05, 0.1) is 25.5 Å². The van der Waals surface area contributed by atoms with Crippen LogP contribution in [0.2, 0.25) is 0 Å². The summed E-state index contributed by atoms with van der Waals surface area (Å²) in [5, 5.41) is 12.5. The number of nitrogens with one attached hydrogen (secondary N) is 1. The molecule has 0 unspecified atom stereocenters. The number of nitrogen functional groups attached to an aromatic ring is 1. The number of rotatable bonds is 6. The fraction of sp³-hybridized carbons (Fsp3) is 0.500. The van der Waals surface area contributed by atoms with Gasteiger partial charge in [-0.1, -0.05) is 0 Å². The molecule has 19 heavy (non-hydrogen) atoms. The third-order valence-electron chi connectivity index (χ3n) is 2.28. The zero-order valence-corrected chi connectivity index (χ0v) is 12.0. The van der Waals surface area contributed by atoms with Gasteiger partial charge in [-0.15, -0.1) is 11.3 Å². The first kappa shape index (κ1) is 15.3. The van der Waals surface area contributed by atoms with Gasteiger partial charge in [-0.05, 0) is 13.8 Å². The first-order valence-corrected chi connectivity index (χ1v) is 6.59. The Bertz CT molecular complexity index is 491. The van der Waals surface area contributed by atoms with Crippen molar-refractivity contribution in [2.75, 3.05) is 31.3 Å². The van der Waals surface area contributed by atoms with Crippen molar-refractivity contribution >= 4 is 28.0 Å². The van der Waals surface area contributed by atoms with Gasteiger partial charge in [0.1, 0.15) is 21.5 Å². The average molecular weight is 283 g/mol. The van der Waals surface area contributed by atoms with Crippen molar-refractivity contribution in [1.29, 1.82) is 5.26 Å². The van der Waals surface area contributed by atoms with E-state index in [4.69, 9.17) is 15.7 Å². The molecule has 0 saturated heterocycles. The van der Waals surface area contributed by atoms with Crippen LogP contribution in [0.1, 0.15) is 29.1 Å². The Kier molecular flexibility index (Phi) is 5.60. The Balaban J connectivity index is 2.82. The molecule has 104 valence electrons. The van der Waals surface area contributed by atoms with E-state index in [0.29, 0.717) is 23.0 Å². The van der Waals surface area contributed by atoms with E-state index >= 15 is 0 Å². The summed E-state index contributed by atoms with van der Waals surface area (Å²) < 4.78 is 10.1. The second-order valence-corrected chi connectivity index (χ2v) is 5.02. The van der Waals surface area contributed by atoms with Crippen molar-refractivity contribution in [1.82, 2.24) is 0 Å². The molecule has 3 N–H and O–H groups in total. The van der Waals surface area contributed by atoms with Crippen molar-refractivity contribution in [2.24, 2.45) is 0 Å². The molecule has 6 nitrogen and oxygen atoms in total. The van der Waals surface area contributed by atoms with Crippen LogP contribution >= 0.6 is 11.3 Å². The first-order valence-electron chi connectivity index (χ1n) is 5.77. The van der Waals surface area contributed by atoms with Crippen molar-refractivity contribution in [3.05, 3.63) is 10.4 Å². The zero-order chi connectivity index (χ0) is 14.4. The third kappa shape index (κ3) is 3.84. The van der Waals surface area contributed by atoms with E-state index in [0.717, 1.165) is 11.3 Å². The van der Waals surface area contributed by atoms with Crippen molar-refractivity contribution in [3.63, 3.8) is 0 Å². The number of carbonyl (C=O) groups is 1. The maximum Gasteiger partial charge on any atom is 0.343 e. The number of hydrogen-bond donors (Lipinski definition) is 2. The van der Waals surface area contributed by atoms with Gasteiger partial charge >= 0.3 is 5.97 Å². The zero-order valence-electron chi connectivity index (χ0n) is 11.1. The molecule has 7 heteroatoms. The molecule has 0 bridgehead atoms. The van der Waals surface area contributed by atoms with Crippen LogP contribution in [0, 0.1) is 11.3 Å². The van der Waals surface area contributed by atoms with Gasteiger partial charge in [0.15, 0.2) is 0 Å². The molecule has 0 radical (unpaired) electrons. The van der Waals surface area contributed by atoms with E-state index in [-0.39, 0.29) is 17.4 Å². The van der Waals surface area contributed by atoms with Crippen LogP contribution in [0.3, 0.4) is 0 Å². The summed E-state index contributed by atoms with van der Waals surface area (Å²) in [6.45, 7) is 4.90. The highest BCUT2D eigenvalue weighted by Gasteiger charge is 2.22. The molecule has 0 aliphatic heterocycles. The quantitative estimate of drug-likeness (QED) is 0.610. The maximum atomic E-state index is 11.6.